The van der Waals surface area contributed by atoms with Crippen LogP contribution in [0.4, 0.5) is 5.69 Å². The third-order valence-electron chi connectivity index (χ3n) is 2.49. The molecule has 0 atom stereocenters. The SMILES string of the molecule is CCNc1ccncc1S(=O)(=O)NCCc1ncon1. The quantitative estimate of drug-likeness (QED) is 0.762. The Kier molecular flexibility index (Phi) is 4.64. The Bertz CT molecular complexity index is 642. The van der Waals surface area contributed by atoms with Gasteiger partial charge in [0.1, 0.15) is 4.90 Å². The Morgan fingerprint density at radius 2 is 2.25 bits per heavy atom. The number of nitrogens with one attached hydrogen (secondary N) is 2. The lowest BCUT2D eigenvalue weighted by molar-refractivity contribution is 0.410. The van der Waals surface area contributed by atoms with Gasteiger partial charge in [-0.1, -0.05) is 5.16 Å². The molecule has 2 aromatic rings. The average Bonchev–Trinajstić information content (AvgIpc) is 2.92. The number of hydrogen-bond acceptors (Lipinski definition) is 7. The monoisotopic (exact) mass is 297 g/mol. The van der Waals surface area contributed by atoms with Crippen molar-refractivity contribution in [2.45, 2.75) is 18.2 Å². The van der Waals surface area contributed by atoms with Gasteiger partial charge in [-0.15, -0.1) is 0 Å². The summed E-state index contributed by atoms with van der Waals surface area (Å²) in [5.74, 6) is 0.450. The van der Waals surface area contributed by atoms with Crippen molar-refractivity contribution in [1.29, 1.82) is 0 Å². The van der Waals surface area contributed by atoms with Crippen LogP contribution in [-0.4, -0.2) is 36.6 Å². The van der Waals surface area contributed by atoms with Crippen LogP contribution >= 0.6 is 0 Å². The van der Waals surface area contributed by atoms with Crippen molar-refractivity contribution in [2.75, 3.05) is 18.4 Å². The van der Waals surface area contributed by atoms with Gasteiger partial charge in [0.25, 0.3) is 0 Å². The highest BCUT2D eigenvalue weighted by Crippen LogP contribution is 2.18. The predicted molar refractivity (Wildman–Crippen MR) is 71.6 cm³/mol. The Labute approximate surface area is 116 Å². The second-order valence-electron chi connectivity index (χ2n) is 3.90. The van der Waals surface area contributed by atoms with Crippen LogP contribution < -0.4 is 10.0 Å². The number of sulfonamides is 1. The van der Waals surface area contributed by atoms with Crippen molar-refractivity contribution < 1.29 is 12.9 Å². The molecule has 0 radical (unpaired) electrons. The number of aromatic nitrogens is 3. The zero-order chi connectivity index (χ0) is 14.4. The maximum atomic E-state index is 12.2. The molecule has 0 spiro atoms. The van der Waals surface area contributed by atoms with Gasteiger partial charge in [-0.3, -0.25) is 4.98 Å². The molecule has 0 amide bonds. The normalized spacial score (nSPS) is 11.4. The lowest BCUT2D eigenvalue weighted by Gasteiger charge is -2.11. The Hall–Kier alpha value is -2.00. The highest BCUT2D eigenvalue weighted by atomic mass is 32.2. The summed E-state index contributed by atoms with van der Waals surface area (Å²) in [6, 6.07) is 1.62. The minimum absolute atomic E-state index is 0.120. The molecule has 9 heteroatoms. The largest absolute Gasteiger partial charge is 0.384 e. The molecule has 0 saturated heterocycles. The first-order valence-corrected chi connectivity index (χ1v) is 7.54. The molecule has 0 bridgehead atoms. The smallest absolute Gasteiger partial charge is 0.244 e. The van der Waals surface area contributed by atoms with Crippen molar-refractivity contribution in [1.82, 2.24) is 19.8 Å². The summed E-state index contributed by atoms with van der Waals surface area (Å²) in [5.41, 5.74) is 0.523. The first-order chi connectivity index (χ1) is 9.63. The van der Waals surface area contributed by atoms with E-state index >= 15 is 0 Å². The van der Waals surface area contributed by atoms with E-state index in [1.165, 1.54) is 18.8 Å². The van der Waals surface area contributed by atoms with Gasteiger partial charge in [-0.05, 0) is 13.0 Å². The van der Waals surface area contributed by atoms with Gasteiger partial charge in [0.05, 0.1) is 5.69 Å². The summed E-state index contributed by atoms with van der Waals surface area (Å²) in [6.07, 6.45) is 4.41. The minimum atomic E-state index is -3.63. The fourth-order valence-corrected chi connectivity index (χ4v) is 2.76. The van der Waals surface area contributed by atoms with E-state index in [4.69, 9.17) is 0 Å². The van der Waals surface area contributed by atoms with E-state index in [-0.39, 0.29) is 11.4 Å². The lowest BCUT2D eigenvalue weighted by atomic mass is 10.4. The molecule has 2 rings (SSSR count). The molecule has 0 aliphatic heterocycles. The Morgan fingerprint density at radius 3 is 2.95 bits per heavy atom. The molecule has 2 aromatic heterocycles. The van der Waals surface area contributed by atoms with E-state index < -0.39 is 10.0 Å². The second-order valence-corrected chi connectivity index (χ2v) is 5.63. The topological polar surface area (TPSA) is 110 Å². The third kappa shape index (κ3) is 3.52. The van der Waals surface area contributed by atoms with Gasteiger partial charge in [0.15, 0.2) is 5.82 Å². The molecule has 0 aromatic carbocycles. The Balaban J connectivity index is 2.06. The number of pyridine rings is 1. The molecule has 0 saturated carbocycles. The maximum Gasteiger partial charge on any atom is 0.244 e. The molecular weight excluding hydrogens is 282 g/mol. The molecule has 2 heterocycles. The number of rotatable bonds is 7. The molecular formula is C11H15N5O3S. The second kappa shape index (κ2) is 6.44. The van der Waals surface area contributed by atoms with Gasteiger partial charge in [-0.2, -0.15) is 4.98 Å². The number of hydrogen-bond donors (Lipinski definition) is 2. The van der Waals surface area contributed by atoms with Crippen LogP contribution in [0.2, 0.25) is 0 Å². The molecule has 0 fully saturated rings. The zero-order valence-corrected chi connectivity index (χ0v) is 11.7. The maximum absolute atomic E-state index is 12.2. The van der Waals surface area contributed by atoms with Gasteiger partial charge in [-0.25, -0.2) is 13.1 Å². The van der Waals surface area contributed by atoms with Crippen LogP contribution in [0.25, 0.3) is 0 Å². The fraction of sp³-hybridized carbons (Fsp3) is 0.364. The molecule has 2 N–H and O–H groups in total. The van der Waals surface area contributed by atoms with Crippen molar-refractivity contribution in [2.24, 2.45) is 0 Å². The summed E-state index contributed by atoms with van der Waals surface area (Å²) in [4.78, 5) is 7.79. The highest BCUT2D eigenvalue weighted by Gasteiger charge is 2.18. The van der Waals surface area contributed by atoms with Crippen LogP contribution in [0.3, 0.4) is 0 Å². The number of nitrogens with zero attached hydrogens (tertiary/aromatic N) is 3. The third-order valence-corrected chi connectivity index (χ3v) is 3.98. The molecule has 20 heavy (non-hydrogen) atoms. The number of anilines is 1. The van der Waals surface area contributed by atoms with Crippen molar-refractivity contribution >= 4 is 15.7 Å². The van der Waals surface area contributed by atoms with Gasteiger partial charge < -0.3 is 9.84 Å². The summed E-state index contributed by atoms with van der Waals surface area (Å²) < 4.78 is 31.5. The molecule has 108 valence electrons. The van der Waals surface area contributed by atoms with Gasteiger partial charge >= 0.3 is 0 Å². The van der Waals surface area contributed by atoms with Crippen LogP contribution in [0.15, 0.2) is 34.3 Å². The van der Waals surface area contributed by atoms with E-state index in [0.717, 1.165) is 0 Å². The lowest BCUT2D eigenvalue weighted by Crippen LogP contribution is -2.27. The Morgan fingerprint density at radius 1 is 1.40 bits per heavy atom. The summed E-state index contributed by atoms with van der Waals surface area (Å²) in [7, 11) is -3.63. The standard InChI is InChI=1S/C11H15N5O3S/c1-2-13-9-3-5-12-7-10(9)20(17,18)15-6-4-11-14-8-19-16-11/h3,5,7-8,15H,2,4,6H2,1H3,(H,12,13). The van der Waals surface area contributed by atoms with Crippen LogP contribution in [0.1, 0.15) is 12.7 Å². The molecule has 0 aliphatic carbocycles. The summed E-state index contributed by atoms with van der Waals surface area (Å²) >= 11 is 0. The molecule has 8 nitrogen and oxygen atoms in total. The van der Waals surface area contributed by atoms with E-state index in [1.807, 2.05) is 6.92 Å². The summed E-state index contributed by atoms with van der Waals surface area (Å²) in [6.45, 7) is 2.69. The summed E-state index contributed by atoms with van der Waals surface area (Å²) in [5, 5.41) is 6.60. The molecule has 0 aliphatic rings. The van der Waals surface area contributed by atoms with E-state index in [1.54, 1.807) is 6.07 Å². The first-order valence-electron chi connectivity index (χ1n) is 6.06. The minimum Gasteiger partial charge on any atom is -0.384 e. The van der Waals surface area contributed by atoms with Gasteiger partial charge in [0.2, 0.25) is 16.4 Å². The van der Waals surface area contributed by atoms with Crippen LogP contribution in [0.5, 0.6) is 0 Å². The van der Waals surface area contributed by atoms with Crippen molar-refractivity contribution in [3.63, 3.8) is 0 Å². The zero-order valence-electron chi connectivity index (χ0n) is 10.9. The van der Waals surface area contributed by atoms with Crippen LogP contribution in [-0.2, 0) is 16.4 Å². The first kappa shape index (κ1) is 14.4. The van der Waals surface area contributed by atoms with Crippen molar-refractivity contribution in [3.05, 3.63) is 30.7 Å². The average molecular weight is 297 g/mol. The van der Waals surface area contributed by atoms with E-state index in [9.17, 15) is 8.42 Å². The predicted octanol–water partition coefficient (Wildman–Crippen LogP) is 0.417. The highest BCUT2D eigenvalue weighted by molar-refractivity contribution is 7.89. The molecule has 0 unspecified atom stereocenters. The van der Waals surface area contributed by atoms with Crippen molar-refractivity contribution in [3.8, 4) is 0 Å². The van der Waals surface area contributed by atoms with E-state index in [0.29, 0.717) is 24.5 Å². The van der Waals surface area contributed by atoms with Gasteiger partial charge in [0, 0.05) is 31.9 Å². The fourth-order valence-electron chi connectivity index (χ4n) is 1.61. The van der Waals surface area contributed by atoms with Crippen LogP contribution in [0, 0.1) is 0 Å². The van der Waals surface area contributed by atoms with E-state index in [2.05, 4.69) is 29.7 Å².